The van der Waals surface area contributed by atoms with E-state index in [4.69, 9.17) is 0 Å². The topological polar surface area (TPSA) is 38.0 Å². The van der Waals surface area contributed by atoms with Gasteiger partial charge in [0.1, 0.15) is 0 Å². The molecule has 3 nitrogen and oxygen atoms in total. The fourth-order valence-electron chi connectivity index (χ4n) is 2.20. The molecular formula is C17H16N2O. The van der Waals surface area contributed by atoms with Crippen molar-refractivity contribution in [1.29, 1.82) is 0 Å². The van der Waals surface area contributed by atoms with Crippen LogP contribution >= 0.6 is 0 Å². The van der Waals surface area contributed by atoms with E-state index in [1.54, 1.807) is 13.1 Å². The standard InChI is InChI=1S/C17H16N2O/c1-13(20)14-6-8-15(9-7-14)16-4-2-5-17(12-16)19-11-3-10-18-19/h2-13,20H,1H3/t13-/m1/s1. The first kappa shape index (κ1) is 12.6. The van der Waals surface area contributed by atoms with Gasteiger partial charge in [-0.1, -0.05) is 36.4 Å². The maximum absolute atomic E-state index is 9.54. The van der Waals surface area contributed by atoms with E-state index in [-0.39, 0.29) is 0 Å². The Morgan fingerprint density at radius 3 is 2.45 bits per heavy atom. The highest BCUT2D eigenvalue weighted by Gasteiger charge is 2.03. The van der Waals surface area contributed by atoms with Gasteiger partial charge in [-0.25, -0.2) is 4.68 Å². The molecule has 1 atom stereocenters. The molecule has 0 saturated carbocycles. The van der Waals surface area contributed by atoms with Crippen molar-refractivity contribution < 1.29 is 5.11 Å². The Bertz CT molecular complexity index is 685. The van der Waals surface area contributed by atoms with Gasteiger partial charge in [-0.2, -0.15) is 5.10 Å². The van der Waals surface area contributed by atoms with Crippen molar-refractivity contribution in [3.05, 3.63) is 72.6 Å². The van der Waals surface area contributed by atoms with Crippen LogP contribution in [0.4, 0.5) is 0 Å². The summed E-state index contributed by atoms with van der Waals surface area (Å²) in [4.78, 5) is 0. The Balaban J connectivity index is 1.96. The maximum Gasteiger partial charge on any atom is 0.0761 e. The molecule has 3 aromatic rings. The summed E-state index contributed by atoms with van der Waals surface area (Å²) in [5.74, 6) is 0. The lowest BCUT2D eigenvalue weighted by atomic mass is 10.0. The third-order valence-corrected chi connectivity index (χ3v) is 3.34. The fraction of sp³-hybridized carbons (Fsp3) is 0.118. The Morgan fingerprint density at radius 2 is 1.80 bits per heavy atom. The molecule has 0 aliphatic heterocycles. The summed E-state index contributed by atoms with van der Waals surface area (Å²) in [5.41, 5.74) is 4.22. The Labute approximate surface area is 118 Å². The summed E-state index contributed by atoms with van der Waals surface area (Å²) in [7, 11) is 0. The zero-order valence-electron chi connectivity index (χ0n) is 11.3. The van der Waals surface area contributed by atoms with Crippen LogP contribution in [0.5, 0.6) is 0 Å². The number of rotatable bonds is 3. The van der Waals surface area contributed by atoms with Crippen LogP contribution in [0.25, 0.3) is 16.8 Å². The zero-order chi connectivity index (χ0) is 13.9. The Hall–Kier alpha value is -2.39. The molecule has 100 valence electrons. The average Bonchev–Trinajstić information content (AvgIpc) is 3.02. The number of nitrogens with zero attached hydrogens (tertiary/aromatic N) is 2. The molecule has 20 heavy (non-hydrogen) atoms. The Morgan fingerprint density at radius 1 is 1.00 bits per heavy atom. The summed E-state index contributed by atoms with van der Waals surface area (Å²) in [6.07, 6.45) is 3.26. The largest absolute Gasteiger partial charge is 0.389 e. The summed E-state index contributed by atoms with van der Waals surface area (Å²) < 4.78 is 1.84. The third-order valence-electron chi connectivity index (χ3n) is 3.34. The molecule has 0 fully saturated rings. The van der Waals surface area contributed by atoms with Gasteiger partial charge in [-0.05, 0) is 41.8 Å². The molecule has 0 bridgehead atoms. The minimum Gasteiger partial charge on any atom is -0.389 e. The van der Waals surface area contributed by atoms with Gasteiger partial charge in [0.05, 0.1) is 11.8 Å². The second-order valence-corrected chi connectivity index (χ2v) is 4.80. The number of aromatic nitrogens is 2. The highest BCUT2D eigenvalue weighted by molar-refractivity contribution is 5.66. The van der Waals surface area contributed by atoms with Crippen LogP contribution < -0.4 is 0 Å². The summed E-state index contributed by atoms with van der Waals surface area (Å²) in [5, 5.41) is 13.8. The van der Waals surface area contributed by atoms with Gasteiger partial charge in [-0.15, -0.1) is 0 Å². The van der Waals surface area contributed by atoms with Crippen LogP contribution in [0.1, 0.15) is 18.6 Å². The van der Waals surface area contributed by atoms with E-state index in [1.807, 2.05) is 53.3 Å². The number of hydrogen-bond acceptors (Lipinski definition) is 2. The van der Waals surface area contributed by atoms with Crippen LogP contribution in [0, 0.1) is 0 Å². The molecule has 0 saturated heterocycles. The Kier molecular flexibility index (Phi) is 3.35. The summed E-state index contributed by atoms with van der Waals surface area (Å²) in [6, 6.07) is 18.1. The quantitative estimate of drug-likeness (QED) is 0.785. The van der Waals surface area contributed by atoms with Gasteiger partial charge >= 0.3 is 0 Å². The van der Waals surface area contributed by atoms with Crippen molar-refractivity contribution in [2.24, 2.45) is 0 Å². The van der Waals surface area contributed by atoms with Crippen molar-refractivity contribution in [2.45, 2.75) is 13.0 Å². The number of aliphatic hydroxyl groups excluding tert-OH is 1. The monoisotopic (exact) mass is 264 g/mol. The molecule has 3 heteroatoms. The molecule has 3 rings (SSSR count). The lowest BCUT2D eigenvalue weighted by molar-refractivity contribution is 0.199. The SMILES string of the molecule is C[C@@H](O)c1ccc(-c2cccc(-n3cccn3)c2)cc1. The third kappa shape index (κ3) is 2.49. The molecule has 0 aliphatic rings. The van der Waals surface area contributed by atoms with E-state index in [2.05, 4.69) is 17.2 Å². The molecule has 0 spiro atoms. The fourth-order valence-corrected chi connectivity index (χ4v) is 2.20. The highest BCUT2D eigenvalue weighted by atomic mass is 16.3. The molecule has 2 aromatic carbocycles. The lowest BCUT2D eigenvalue weighted by Crippen LogP contribution is -1.94. The van der Waals surface area contributed by atoms with Gasteiger partial charge in [0.25, 0.3) is 0 Å². The second-order valence-electron chi connectivity index (χ2n) is 4.80. The highest BCUT2D eigenvalue weighted by Crippen LogP contribution is 2.23. The van der Waals surface area contributed by atoms with E-state index in [1.165, 1.54) is 0 Å². The molecule has 0 radical (unpaired) electrons. The van der Waals surface area contributed by atoms with Crippen molar-refractivity contribution >= 4 is 0 Å². The minimum atomic E-state index is -0.431. The van der Waals surface area contributed by atoms with E-state index >= 15 is 0 Å². The van der Waals surface area contributed by atoms with Crippen LogP contribution in [-0.2, 0) is 0 Å². The minimum absolute atomic E-state index is 0.431. The summed E-state index contributed by atoms with van der Waals surface area (Å²) in [6.45, 7) is 1.77. The average molecular weight is 264 g/mol. The first-order valence-electron chi connectivity index (χ1n) is 6.62. The molecule has 1 heterocycles. The van der Waals surface area contributed by atoms with E-state index in [9.17, 15) is 5.11 Å². The second kappa shape index (κ2) is 5.31. The van der Waals surface area contributed by atoms with Gasteiger partial charge in [0.2, 0.25) is 0 Å². The number of benzene rings is 2. The molecule has 0 aliphatic carbocycles. The van der Waals surface area contributed by atoms with Gasteiger partial charge < -0.3 is 5.11 Å². The van der Waals surface area contributed by atoms with Crippen molar-refractivity contribution in [3.8, 4) is 16.8 Å². The predicted octanol–water partition coefficient (Wildman–Crippen LogP) is 3.59. The first-order chi connectivity index (χ1) is 9.74. The number of hydrogen-bond donors (Lipinski definition) is 1. The molecule has 1 N–H and O–H groups in total. The van der Waals surface area contributed by atoms with Crippen molar-refractivity contribution in [3.63, 3.8) is 0 Å². The summed E-state index contributed by atoms with van der Waals surface area (Å²) >= 11 is 0. The lowest BCUT2D eigenvalue weighted by Gasteiger charge is -2.08. The predicted molar refractivity (Wildman–Crippen MR) is 79.6 cm³/mol. The van der Waals surface area contributed by atoms with Crippen LogP contribution in [0.3, 0.4) is 0 Å². The normalized spacial score (nSPS) is 12.3. The first-order valence-corrected chi connectivity index (χ1v) is 6.62. The van der Waals surface area contributed by atoms with Crippen molar-refractivity contribution in [1.82, 2.24) is 9.78 Å². The zero-order valence-corrected chi connectivity index (χ0v) is 11.3. The smallest absolute Gasteiger partial charge is 0.0761 e. The molecule has 0 unspecified atom stereocenters. The van der Waals surface area contributed by atoms with Crippen LogP contribution in [-0.4, -0.2) is 14.9 Å². The number of aliphatic hydroxyl groups is 1. The van der Waals surface area contributed by atoms with E-state index in [0.717, 1.165) is 22.4 Å². The van der Waals surface area contributed by atoms with Gasteiger partial charge in [0, 0.05) is 12.4 Å². The molecule has 1 aromatic heterocycles. The maximum atomic E-state index is 9.54. The molecule has 0 amide bonds. The van der Waals surface area contributed by atoms with E-state index < -0.39 is 6.10 Å². The molecular weight excluding hydrogens is 248 g/mol. The van der Waals surface area contributed by atoms with Gasteiger partial charge in [0.15, 0.2) is 0 Å². The van der Waals surface area contributed by atoms with Crippen LogP contribution in [0.2, 0.25) is 0 Å². The van der Waals surface area contributed by atoms with Crippen LogP contribution in [0.15, 0.2) is 67.0 Å². The van der Waals surface area contributed by atoms with Crippen molar-refractivity contribution in [2.75, 3.05) is 0 Å². The van der Waals surface area contributed by atoms with E-state index in [0.29, 0.717) is 0 Å². The van der Waals surface area contributed by atoms with Gasteiger partial charge in [-0.3, -0.25) is 0 Å².